The van der Waals surface area contributed by atoms with Crippen LogP contribution in [-0.2, 0) is 17.8 Å². The average Bonchev–Trinajstić information content (AvgIpc) is 2.99. The fourth-order valence-corrected chi connectivity index (χ4v) is 2.75. The zero-order valence-electron chi connectivity index (χ0n) is 13.6. The number of benzene rings is 1. The Kier molecular flexibility index (Phi) is 4.24. The summed E-state index contributed by atoms with van der Waals surface area (Å²) < 4.78 is 5.58. The molecule has 1 amide bonds. The summed E-state index contributed by atoms with van der Waals surface area (Å²) in [4.78, 5) is 25.0. The number of H-pyrrole nitrogens is 1. The number of fused-ring (bicyclic) bond motifs is 1. The number of carbonyl (C=O) groups excluding carboxylic acids is 1. The van der Waals surface area contributed by atoms with Crippen LogP contribution in [-0.4, -0.2) is 45.2 Å². The second-order valence-electron chi connectivity index (χ2n) is 5.93. The van der Waals surface area contributed by atoms with E-state index in [0.29, 0.717) is 36.5 Å². The van der Waals surface area contributed by atoms with Gasteiger partial charge in [0.05, 0.1) is 12.2 Å². The van der Waals surface area contributed by atoms with Crippen molar-refractivity contribution >= 4 is 11.9 Å². The monoisotopic (exact) mass is 329 g/mol. The third kappa shape index (κ3) is 3.10. The van der Waals surface area contributed by atoms with Crippen molar-refractivity contribution in [1.29, 1.82) is 0 Å². The third-order valence-electron chi connectivity index (χ3n) is 4.33. The van der Waals surface area contributed by atoms with Gasteiger partial charge >= 0.3 is 5.97 Å². The maximum Gasteiger partial charge on any atom is 0.356 e. The fourth-order valence-electron chi connectivity index (χ4n) is 2.75. The summed E-state index contributed by atoms with van der Waals surface area (Å²) in [6.07, 6.45) is 0.475. The second kappa shape index (κ2) is 6.35. The summed E-state index contributed by atoms with van der Waals surface area (Å²) >= 11 is 0. The van der Waals surface area contributed by atoms with E-state index in [-0.39, 0.29) is 18.2 Å². The normalized spacial score (nSPS) is 13.5. The molecule has 0 spiro atoms. The largest absolute Gasteiger partial charge is 0.484 e. The average molecular weight is 329 g/mol. The SMILES string of the molecule is Cc1ccc(OCC(=O)N2CCc3c(C(=O)O)n[nH]c3C2)cc1C. The van der Waals surface area contributed by atoms with Crippen LogP contribution in [0, 0.1) is 13.8 Å². The maximum atomic E-state index is 12.3. The number of aromatic amines is 1. The van der Waals surface area contributed by atoms with Crippen LogP contribution in [0.1, 0.15) is 32.9 Å². The van der Waals surface area contributed by atoms with Gasteiger partial charge in [-0.25, -0.2) is 4.79 Å². The number of aromatic nitrogens is 2. The van der Waals surface area contributed by atoms with E-state index in [9.17, 15) is 9.59 Å². The second-order valence-corrected chi connectivity index (χ2v) is 5.93. The van der Waals surface area contributed by atoms with E-state index in [0.717, 1.165) is 5.56 Å². The van der Waals surface area contributed by atoms with Crippen molar-refractivity contribution in [3.8, 4) is 5.75 Å². The molecular weight excluding hydrogens is 310 g/mol. The van der Waals surface area contributed by atoms with E-state index in [4.69, 9.17) is 9.84 Å². The molecule has 3 rings (SSSR count). The van der Waals surface area contributed by atoms with Gasteiger partial charge in [-0.15, -0.1) is 0 Å². The number of hydrogen-bond donors (Lipinski definition) is 2. The summed E-state index contributed by atoms with van der Waals surface area (Å²) in [6.45, 7) is 4.75. The zero-order chi connectivity index (χ0) is 17.3. The van der Waals surface area contributed by atoms with Crippen LogP contribution in [0.4, 0.5) is 0 Å². The van der Waals surface area contributed by atoms with Crippen LogP contribution in [0.2, 0.25) is 0 Å². The number of carbonyl (C=O) groups is 2. The molecule has 1 aromatic heterocycles. The van der Waals surface area contributed by atoms with Crippen LogP contribution in [0.5, 0.6) is 5.75 Å². The fraction of sp³-hybridized carbons (Fsp3) is 0.353. The van der Waals surface area contributed by atoms with Gasteiger partial charge in [-0.3, -0.25) is 9.89 Å². The van der Waals surface area contributed by atoms with Crippen molar-refractivity contribution in [2.45, 2.75) is 26.8 Å². The molecule has 0 bridgehead atoms. The molecule has 0 unspecified atom stereocenters. The standard InChI is InChI=1S/C17H19N3O4/c1-10-3-4-12(7-11(10)2)24-9-15(21)20-6-5-13-14(8-20)18-19-16(13)17(22)23/h3-4,7H,5-6,8-9H2,1-2H3,(H,18,19)(H,22,23). The number of carboxylic acid groups (broad SMARTS) is 1. The smallest absolute Gasteiger partial charge is 0.356 e. The van der Waals surface area contributed by atoms with Crippen molar-refractivity contribution < 1.29 is 19.4 Å². The summed E-state index contributed by atoms with van der Waals surface area (Å²) in [6, 6.07) is 5.71. The molecule has 0 radical (unpaired) electrons. The van der Waals surface area contributed by atoms with E-state index >= 15 is 0 Å². The highest BCUT2D eigenvalue weighted by Crippen LogP contribution is 2.21. The highest BCUT2D eigenvalue weighted by atomic mass is 16.5. The maximum absolute atomic E-state index is 12.3. The van der Waals surface area contributed by atoms with Crippen molar-refractivity contribution in [3.05, 3.63) is 46.3 Å². The van der Waals surface area contributed by atoms with E-state index in [1.807, 2.05) is 32.0 Å². The van der Waals surface area contributed by atoms with Crippen LogP contribution >= 0.6 is 0 Å². The molecule has 1 aromatic carbocycles. The number of ether oxygens (including phenoxy) is 1. The van der Waals surface area contributed by atoms with E-state index in [2.05, 4.69) is 10.2 Å². The number of aromatic carboxylic acids is 1. The van der Waals surface area contributed by atoms with Gasteiger partial charge in [0.2, 0.25) is 0 Å². The van der Waals surface area contributed by atoms with Crippen molar-refractivity contribution in [3.63, 3.8) is 0 Å². The van der Waals surface area contributed by atoms with Crippen molar-refractivity contribution in [2.75, 3.05) is 13.2 Å². The molecule has 0 aliphatic carbocycles. The first-order chi connectivity index (χ1) is 11.5. The zero-order valence-corrected chi connectivity index (χ0v) is 13.6. The van der Waals surface area contributed by atoms with Crippen LogP contribution in [0.15, 0.2) is 18.2 Å². The van der Waals surface area contributed by atoms with Crippen molar-refractivity contribution in [2.24, 2.45) is 0 Å². The van der Waals surface area contributed by atoms with Crippen molar-refractivity contribution in [1.82, 2.24) is 15.1 Å². The Morgan fingerprint density at radius 3 is 2.83 bits per heavy atom. The van der Waals surface area contributed by atoms with Gasteiger partial charge in [0.15, 0.2) is 12.3 Å². The van der Waals surface area contributed by atoms with Gasteiger partial charge in [0.25, 0.3) is 5.91 Å². The molecule has 0 fully saturated rings. The minimum atomic E-state index is -1.05. The number of hydrogen-bond acceptors (Lipinski definition) is 4. The van der Waals surface area contributed by atoms with Gasteiger partial charge in [0, 0.05) is 12.1 Å². The molecule has 126 valence electrons. The molecule has 7 nitrogen and oxygen atoms in total. The third-order valence-corrected chi connectivity index (χ3v) is 4.33. The first kappa shape index (κ1) is 16.0. The lowest BCUT2D eigenvalue weighted by molar-refractivity contribution is -0.134. The molecule has 7 heteroatoms. The Hall–Kier alpha value is -2.83. The highest BCUT2D eigenvalue weighted by Gasteiger charge is 2.27. The molecule has 1 aliphatic heterocycles. The number of nitrogens with one attached hydrogen (secondary N) is 1. The van der Waals surface area contributed by atoms with Gasteiger partial charge in [-0.1, -0.05) is 6.07 Å². The lowest BCUT2D eigenvalue weighted by Crippen LogP contribution is -2.39. The van der Waals surface area contributed by atoms with E-state index < -0.39 is 5.97 Å². The molecule has 24 heavy (non-hydrogen) atoms. The Bertz CT molecular complexity index is 797. The highest BCUT2D eigenvalue weighted by molar-refractivity contribution is 5.87. The molecule has 2 aromatic rings. The summed E-state index contributed by atoms with van der Waals surface area (Å²) in [5, 5.41) is 15.6. The molecule has 1 aliphatic rings. The number of rotatable bonds is 4. The topological polar surface area (TPSA) is 95.5 Å². The first-order valence-electron chi connectivity index (χ1n) is 7.73. The van der Waals surface area contributed by atoms with Gasteiger partial charge in [-0.05, 0) is 43.5 Å². The van der Waals surface area contributed by atoms with Crippen LogP contribution in [0.3, 0.4) is 0 Å². The Labute approximate surface area is 139 Å². The van der Waals surface area contributed by atoms with E-state index in [1.54, 1.807) is 4.90 Å². The predicted octanol–water partition coefficient (Wildman–Crippen LogP) is 1.69. The first-order valence-corrected chi connectivity index (χ1v) is 7.73. The quantitative estimate of drug-likeness (QED) is 0.890. The number of nitrogens with zero attached hydrogens (tertiary/aromatic N) is 2. The summed E-state index contributed by atoms with van der Waals surface area (Å²) in [5.74, 6) is -0.519. The Morgan fingerprint density at radius 2 is 2.12 bits per heavy atom. The summed E-state index contributed by atoms with van der Waals surface area (Å²) in [7, 11) is 0. The molecule has 0 saturated carbocycles. The van der Waals surface area contributed by atoms with Crippen LogP contribution < -0.4 is 4.74 Å². The lowest BCUT2D eigenvalue weighted by Gasteiger charge is -2.26. The van der Waals surface area contributed by atoms with Gasteiger partial charge in [-0.2, -0.15) is 5.10 Å². The van der Waals surface area contributed by atoms with Gasteiger partial charge in [0.1, 0.15) is 5.75 Å². The molecular formula is C17H19N3O4. The molecule has 0 atom stereocenters. The number of aryl methyl sites for hydroxylation is 2. The lowest BCUT2D eigenvalue weighted by atomic mass is 10.0. The number of amides is 1. The van der Waals surface area contributed by atoms with Crippen LogP contribution in [0.25, 0.3) is 0 Å². The Morgan fingerprint density at radius 1 is 1.33 bits per heavy atom. The predicted molar refractivity (Wildman–Crippen MR) is 86.1 cm³/mol. The Balaban J connectivity index is 1.62. The minimum Gasteiger partial charge on any atom is -0.484 e. The van der Waals surface area contributed by atoms with E-state index in [1.165, 1.54) is 5.56 Å². The molecule has 2 N–H and O–H groups in total. The van der Waals surface area contributed by atoms with Gasteiger partial charge < -0.3 is 14.7 Å². The summed E-state index contributed by atoms with van der Waals surface area (Å²) in [5.41, 5.74) is 3.69. The number of carboxylic acids is 1. The molecule has 0 saturated heterocycles. The molecule has 2 heterocycles. The minimum absolute atomic E-state index is 0.0439.